The van der Waals surface area contributed by atoms with Crippen LogP contribution in [-0.4, -0.2) is 0 Å². The molecule has 0 amide bonds. The van der Waals surface area contributed by atoms with Crippen LogP contribution in [0.1, 0.15) is 44.5 Å². The maximum Gasteiger partial charge on any atom is -1.00 e. The first-order valence-corrected chi connectivity index (χ1v) is 12.6. The van der Waals surface area contributed by atoms with Crippen LogP contribution in [0, 0.1) is 41.5 Å². The van der Waals surface area contributed by atoms with Crippen molar-refractivity contribution in [1.29, 1.82) is 0 Å². The second-order valence-corrected chi connectivity index (χ2v) is 10.8. The molecular formula is C31H29Cl2Zr. The number of benzene rings is 4. The first-order chi connectivity index (χ1) is 15.2. The van der Waals surface area contributed by atoms with E-state index in [1.54, 1.807) is 0 Å². The van der Waals surface area contributed by atoms with Gasteiger partial charge in [0, 0.05) is 0 Å². The van der Waals surface area contributed by atoms with Gasteiger partial charge < -0.3 is 24.8 Å². The van der Waals surface area contributed by atoms with Crippen LogP contribution >= 0.6 is 0 Å². The van der Waals surface area contributed by atoms with Gasteiger partial charge in [0.1, 0.15) is 0 Å². The molecule has 4 aromatic rings. The smallest absolute Gasteiger partial charge is 1.00 e. The summed E-state index contributed by atoms with van der Waals surface area (Å²) in [5.41, 5.74) is 19.6. The fraction of sp³-hybridized carbons (Fsp3) is 0.226. The average Bonchev–Trinajstić information content (AvgIpc) is 3.07. The maximum absolute atomic E-state index is 2.44. The van der Waals surface area contributed by atoms with Gasteiger partial charge in [-0.05, 0) is 0 Å². The molecule has 0 aromatic heterocycles. The zero-order valence-electron chi connectivity index (χ0n) is 20.7. The zero-order chi connectivity index (χ0) is 22.7. The molecule has 4 aromatic carbocycles. The first kappa shape index (κ1) is 26.9. The van der Waals surface area contributed by atoms with E-state index in [1.807, 2.05) is 0 Å². The van der Waals surface area contributed by atoms with E-state index in [0.717, 1.165) is 6.42 Å². The second kappa shape index (κ2) is 10.1. The Morgan fingerprint density at radius 2 is 1.03 bits per heavy atom. The minimum absolute atomic E-state index is 0. The van der Waals surface area contributed by atoms with Crippen LogP contribution in [0.25, 0.3) is 33.4 Å². The van der Waals surface area contributed by atoms with Crippen molar-refractivity contribution in [2.75, 3.05) is 0 Å². The van der Waals surface area contributed by atoms with Crippen molar-refractivity contribution in [1.82, 2.24) is 0 Å². The number of fused-ring (bicyclic) bond motifs is 3. The van der Waals surface area contributed by atoms with E-state index >= 15 is 0 Å². The SMILES string of the molecule is Cc1cc(C)c(-c2ccc3c(c2)Cc2c-3ccc(-c3c(C)cc(C)cc3C)[c]2[Zr+2])c(C)c1.[Cl-].[Cl-]. The van der Waals surface area contributed by atoms with Crippen LogP contribution in [-0.2, 0) is 31.1 Å². The van der Waals surface area contributed by atoms with Crippen molar-refractivity contribution in [3.05, 3.63) is 99.1 Å². The minimum Gasteiger partial charge on any atom is -1.00 e. The predicted molar refractivity (Wildman–Crippen MR) is 134 cm³/mol. The summed E-state index contributed by atoms with van der Waals surface area (Å²) in [5.74, 6) is 0. The topological polar surface area (TPSA) is 0 Å². The maximum atomic E-state index is 2.44. The minimum atomic E-state index is 0. The van der Waals surface area contributed by atoms with Gasteiger partial charge in [-0.3, -0.25) is 0 Å². The summed E-state index contributed by atoms with van der Waals surface area (Å²) in [5, 5.41) is 0. The van der Waals surface area contributed by atoms with Gasteiger partial charge in [-0.2, -0.15) is 0 Å². The summed E-state index contributed by atoms with van der Waals surface area (Å²) in [7, 11) is 0. The molecular weight excluding hydrogens is 534 g/mol. The largest absolute Gasteiger partial charge is 1.00 e. The van der Waals surface area contributed by atoms with Crippen molar-refractivity contribution < 1.29 is 49.5 Å². The standard InChI is InChI=1S/C31H29.2ClH.Zr/c1-18-11-20(3)30(21(4)12-18)24-7-9-28-26(15-24)17-27-16-25(8-10-29(27)28)31-22(5)13-19(2)14-23(31)6;;;/h7-15H,17H2,1-6H3;2*1H;/q;;;+2/p-2. The molecule has 0 heterocycles. The molecule has 0 saturated carbocycles. The first-order valence-electron chi connectivity index (χ1n) is 11.4. The molecule has 0 N–H and O–H groups in total. The number of aryl methyl sites for hydroxylation is 6. The molecule has 5 rings (SSSR count). The molecule has 0 nitrogen and oxygen atoms in total. The average molecular weight is 564 g/mol. The predicted octanol–water partition coefficient (Wildman–Crippen LogP) is 1.62. The van der Waals surface area contributed by atoms with Gasteiger partial charge in [0.15, 0.2) is 0 Å². The molecule has 0 bridgehead atoms. The van der Waals surface area contributed by atoms with E-state index in [-0.39, 0.29) is 24.8 Å². The molecule has 0 spiro atoms. The quantitative estimate of drug-likeness (QED) is 0.307. The number of hydrogen-bond donors (Lipinski definition) is 0. The molecule has 0 atom stereocenters. The molecule has 3 heteroatoms. The van der Waals surface area contributed by atoms with Gasteiger partial charge in [-0.15, -0.1) is 0 Å². The van der Waals surface area contributed by atoms with Crippen LogP contribution in [0.4, 0.5) is 0 Å². The summed E-state index contributed by atoms with van der Waals surface area (Å²) < 4.78 is 1.52. The Labute approximate surface area is 231 Å². The van der Waals surface area contributed by atoms with E-state index in [1.165, 1.54) is 106 Å². The van der Waals surface area contributed by atoms with Crippen LogP contribution in [0.5, 0.6) is 0 Å². The van der Waals surface area contributed by atoms with E-state index in [4.69, 9.17) is 0 Å². The second-order valence-electron chi connectivity index (χ2n) is 9.61. The molecule has 1 aliphatic carbocycles. The monoisotopic (exact) mass is 561 g/mol. The summed E-state index contributed by atoms with van der Waals surface area (Å²) in [6, 6.07) is 21.1. The van der Waals surface area contributed by atoms with E-state index in [9.17, 15) is 0 Å². The molecule has 0 fully saturated rings. The molecule has 0 radical (unpaired) electrons. The Morgan fingerprint density at radius 3 is 1.59 bits per heavy atom. The van der Waals surface area contributed by atoms with Crippen LogP contribution in [0.15, 0.2) is 54.6 Å². The summed E-state index contributed by atoms with van der Waals surface area (Å²) >= 11 is 1.50. The molecule has 0 saturated heterocycles. The summed E-state index contributed by atoms with van der Waals surface area (Å²) in [6.45, 7) is 13.4. The van der Waals surface area contributed by atoms with Crippen LogP contribution < -0.4 is 28.1 Å². The van der Waals surface area contributed by atoms with Crippen molar-refractivity contribution in [2.45, 2.75) is 48.0 Å². The van der Waals surface area contributed by atoms with Crippen molar-refractivity contribution in [3.63, 3.8) is 0 Å². The molecule has 0 aliphatic heterocycles. The van der Waals surface area contributed by atoms with Gasteiger partial charge >= 0.3 is 208 Å². The Hall–Kier alpha value is -1.66. The van der Waals surface area contributed by atoms with Crippen LogP contribution in [0.2, 0.25) is 0 Å². The Kier molecular flexibility index (Phi) is 8.04. The Bertz CT molecular complexity index is 1370. The zero-order valence-corrected chi connectivity index (χ0v) is 24.6. The van der Waals surface area contributed by atoms with Crippen molar-refractivity contribution in [2.24, 2.45) is 0 Å². The van der Waals surface area contributed by atoms with Crippen molar-refractivity contribution >= 4 is 3.27 Å². The normalized spacial score (nSPS) is 11.4. The molecule has 0 unspecified atom stereocenters. The van der Waals surface area contributed by atoms with E-state index < -0.39 is 0 Å². The van der Waals surface area contributed by atoms with Gasteiger partial charge in [0.2, 0.25) is 0 Å². The number of halogens is 2. The third-order valence-corrected chi connectivity index (χ3v) is 8.39. The summed E-state index contributed by atoms with van der Waals surface area (Å²) in [6.07, 6.45) is 1.04. The number of rotatable bonds is 2. The Balaban J connectivity index is 0.00000162. The van der Waals surface area contributed by atoms with E-state index in [0.29, 0.717) is 0 Å². The van der Waals surface area contributed by atoms with E-state index in [2.05, 4.69) is 96.1 Å². The molecule has 1 aliphatic rings. The van der Waals surface area contributed by atoms with Gasteiger partial charge in [0.25, 0.3) is 0 Å². The fourth-order valence-electron chi connectivity index (χ4n) is 5.88. The van der Waals surface area contributed by atoms with Crippen molar-refractivity contribution in [3.8, 4) is 33.4 Å². The van der Waals surface area contributed by atoms with Crippen LogP contribution in [0.3, 0.4) is 0 Å². The Morgan fingerprint density at radius 1 is 0.559 bits per heavy atom. The summed E-state index contributed by atoms with van der Waals surface area (Å²) in [4.78, 5) is 0. The third kappa shape index (κ3) is 4.48. The van der Waals surface area contributed by atoms with Gasteiger partial charge in [-0.1, -0.05) is 0 Å². The van der Waals surface area contributed by atoms with Gasteiger partial charge in [0.05, 0.1) is 0 Å². The third-order valence-electron chi connectivity index (χ3n) is 6.99. The number of hydrogen-bond acceptors (Lipinski definition) is 0. The molecule has 34 heavy (non-hydrogen) atoms. The molecule has 171 valence electrons. The fourth-order valence-corrected chi connectivity index (χ4v) is 6.94. The van der Waals surface area contributed by atoms with Gasteiger partial charge in [-0.25, -0.2) is 0 Å².